The lowest BCUT2D eigenvalue weighted by atomic mass is 9.74. The van der Waals surface area contributed by atoms with Crippen LogP contribution in [0, 0.1) is 11.3 Å². The van der Waals surface area contributed by atoms with Crippen molar-refractivity contribution in [2.45, 2.75) is 90.6 Å². The van der Waals surface area contributed by atoms with Crippen LogP contribution in [0.15, 0.2) is 11.9 Å². The standard InChI is InChI=1S/C18H32FN/c1-4-15(19)11-10-14(2)16-8-7-9-17(20-16)18(3)12-5-6-13-18/h4,14,16-17,20H,5-13H2,1-3H3/b15-4+. The number of piperidine rings is 1. The second kappa shape index (κ2) is 7.06. The molecule has 2 fully saturated rings. The molecule has 1 saturated heterocycles. The van der Waals surface area contributed by atoms with Crippen LogP contribution in [-0.4, -0.2) is 12.1 Å². The fraction of sp³-hybridized carbons (Fsp3) is 0.889. The third-order valence-electron chi connectivity index (χ3n) is 5.85. The minimum absolute atomic E-state index is 0.0481. The monoisotopic (exact) mass is 281 g/mol. The minimum Gasteiger partial charge on any atom is -0.310 e. The van der Waals surface area contributed by atoms with Gasteiger partial charge in [0.05, 0.1) is 5.83 Å². The number of allylic oxidation sites excluding steroid dienone is 2. The Hall–Kier alpha value is -0.370. The number of rotatable bonds is 5. The largest absolute Gasteiger partial charge is 0.310 e. The molecular weight excluding hydrogens is 249 g/mol. The Balaban J connectivity index is 1.86. The molecule has 0 aromatic rings. The van der Waals surface area contributed by atoms with Gasteiger partial charge in [-0.05, 0) is 56.8 Å². The number of hydrogen-bond donors (Lipinski definition) is 1. The summed E-state index contributed by atoms with van der Waals surface area (Å²) in [6, 6.07) is 1.29. The molecule has 116 valence electrons. The zero-order valence-electron chi connectivity index (χ0n) is 13.6. The summed E-state index contributed by atoms with van der Waals surface area (Å²) in [5.74, 6) is 0.625. The van der Waals surface area contributed by atoms with Crippen molar-refractivity contribution in [2.24, 2.45) is 11.3 Å². The van der Waals surface area contributed by atoms with E-state index >= 15 is 0 Å². The fourth-order valence-corrected chi connectivity index (χ4v) is 4.21. The van der Waals surface area contributed by atoms with Gasteiger partial charge in [-0.15, -0.1) is 0 Å². The molecule has 1 N–H and O–H groups in total. The summed E-state index contributed by atoms with van der Waals surface area (Å²) in [5, 5.41) is 3.94. The van der Waals surface area contributed by atoms with Crippen molar-refractivity contribution >= 4 is 0 Å². The van der Waals surface area contributed by atoms with Gasteiger partial charge in [-0.3, -0.25) is 0 Å². The number of halogens is 1. The summed E-state index contributed by atoms with van der Waals surface area (Å²) < 4.78 is 13.3. The van der Waals surface area contributed by atoms with E-state index in [2.05, 4.69) is 19.2 Å². The quantitative estimate of drug-likeness (QED) is 0.714. The van der Waals surface area contributed by atoms with E-state index < -0.39 is 0 Å². The average molecular weight is 281 g/mol. The van der Waals surface area contributed by atoms with Gasteiger partial charge in [0, 0.05) is 12.1 Å². The first-order valence-corrected chi connectivity index (χ1v) is 8.62. The Morgan fingerprint density at radius 2 is 2.00 bits per heavy atom. The summed E-state index contributed by atoms with van der Waals surface area (Å²) in [5.41, 5.74) is 0.521. The van der Waals surface area contributed by atoms with Crippen molar-refractivity contribution in [3.8, 4) is 0 Å². The molecule has 0 amide bonds. The van der Waals surface area contributed by atoms with E-state index in [9.17, 15) is 4.39 Å². The van der Waals surface area contributed by atoms with E-state index in [1.54, 1.807) is 13.0 Å². The first kappa shape index (κ1) is 16.0. The Kier molecular flexibility index (Phi) is 5.65. The lowest BCUT2D eigenvalue weighted by Crippen LogP contribution is -2.52. The molecule has 0 radical (unpaired) electrons. The summed E-state index contributed by atoms with van der Waals surface area (Å²) in [6.07, 6.45) is 12.7. The number of nitrogens with one attached hydrogen (secondary N) is 1. The Bertz CT molecular complexity index is 330. The summed E-state index contributed by atoms with van der Waals surface area (Å²) in [6.45, 7) is 6.56. The minimum atomic E-state index is 0.0481. The van der Waals surface area contributed by atoms with Crippen LogP contribution in [0.2, 0.25) is 0 Å². The maximum absolute atomic E-state index is 13.3. The van der Waals surface area contributed by atoms with Crippen molar-refractivity contribution in [1.29, 1.82) is 0 Å². The highest BCUT2D eigenvalue weighted by Gasteiger charge is 2.39. The Morgan fingerprint density at radius 3 is 2.65 bits per heavy atom. The lowest BCUT2D eigenvalue weighted by Gasteiger charge is -2.43. The van der Waals surface area contributed by atoms with Gasteiger partial charge in [-0.2, -0.15) is 0 Å². The van der Waals surface area contributed by atoms with Crippen LogP contribution in [-0.2, 0) is 0 Å². The molecule has 1 heterocycles. The molecule has 2 aliphatic rings. The van der Waals surface area contributed by atoms with E-state index in [0.29, 0.717) is 29.8 Å². The average Bonchev–Trinajstić information content (AvgIpc) is 2.92. The molecule has 1 aliphatic carbocycles. The molecule has 1 nitrogen and oxygen atoms in total. The van der Waals surface area contributed by atoms with Gasteiger partial charge in [0.2, 0.25) is 0 Å². The Labute approximate surface area is 124 Å². The topological polar surface area (TPSA) is 12.0 Å². The lowest BCUT2D eigenvalue weighted by molar-refractivity contribution is 0.139. The van der Waals surface area contributed by atoms with Gasteiger partial charge in [-0.1, -0.05) is 39.2 Å². The predicted octanol–water partition coefficient (Wildman–Crippen LogP) is 5.37. The molecule has 3 atom stereocenters. The van der Waals surface area contributed by atoms with Crippen LogP contribution in [0.4, 0.5) is 4.39 Å². The van der Waals surface area contributed by atoms with Crippen LogP contribution in [0.1, 0.15) is 78.6 Å². The highest BCUT2D eigenvalue weighted by Crippen LogP contribution is 2.43. The van der Waals surface area contributed by atoms with Crippen LogP contribution in [0.3, 0.4) is 0 Å². The maximum Gasteiger partial charge on any atom is 0.0957 e. The van der Waals surface area contributed by atoms with Crippen molar-refractivity contribution < 1.29 is 4.39 Å². The third kappa shape index (κ3) is 3.84. The first-order chi connectivity index (χ1) is 9.55. The predicted molar refractivity (Wildman–Crippen MR) is 84.4 cm³/mol. The normalized spacial score (nSPS) is 32.3. The second-order valence-corrected chi connectivity index (χ2v) is 7.37. The molecule has 0 aromatic heterocycles. The van der Waals surface area contributed by atoms with Crippen LogP contribution in [0.25, 0.3) is 0 Å². The summed E-state index contributed by atoms with van der Waals surface area (Å²) in [4.78, 5) is 0. The molecule has 0 bridgehead atoms. The SMILES string of the molecule is C/C=C(/F)CCC(C)C1CCCC(C2(C)CCCC2)N1. The molecule has 3 unspecified atom stereocenters. The molecule has 2 rings (SSSR count). The third-order valence-corrected chi connectivity index (χ3v) is 5.85. The van der Waals surface area contributed by atoms with Gasteiger partial charge in [-0.25, -0.2) is 4.39 Å². The smallest absolute Gasteiger partial charge is 0.0957 e. The zero-order chi connectivity index (χ0) is 14.6. The van der Waals surface area contributed by atoms with Gasteiger partial charge < -0.3 is 5.32 Å². The zero-order valence-corrected chi connectivity index (χ0v) is 13.6. The van der Waals surface area contributed by atoms with E-state index in [4.69, 9.17) is 0 Å². The fourth-order valence-electron chi connectivity index (χ4n) is 4.21. The van der Waals surface area contributed by atoms with E-state index in [1.807, 2.05) is 0 Å². The molecular formula is C18H32FN. The molecule has 2 heteroatoms. The number of hydrogen-bond acceptors (Lipinski definition) is 1. The Morgan fingerprint density at radius 1 is 1.30 bits per heavy atom. The van der Waals surface area contributed by atoms with Crippen molar-refractivity contribution in [1.82, 2.24) is 5.32 Å². The highest BCUT2D eigenvalue weighted by atomic mass is 19.1. The van der Waals surface area contributed by atoms with Gasteiger partial charge in [0.1, 0.15) is 0 Å². The summed E-state index contributed by atoms with van der Waals surface area (Å²) in [7, 11) is 0. The van der Waals surface area contributed by atoms with Gasteiger partial charge in [0.15, 0.2) is 0 Å². The van der Waals surface area contributed by atoms with Crippen LogP contribution >= 0.6 is 0 Å². The van der Waals surface area contributed by atoms with E-state index in [0.717, 1.165) is 6.42 Å². The van der Waals surface area contributed by atoms with Crippen molar-refractivity contribution in [2.75, 3.05) is 0 Å². The van der Waals surface area contributed by atoms with Crippen LogP contribution < -0.4 is 5.32 Å². The first-order valence-electron chi connectivity index (χ1n) is 8.62. The molecule has 1 aliphatic heterocycles. The second-order valence-electron chi connectivity index (χ2n) is 7.37. The molecule has 0 spiro atoms. The van der Waals surface area contributed by atoms with E-state index in [1.165, 1.54) is 44.9 Å². The van der Waals surface area contributed by atoms with Crippen molar-refractivity contribution in [3.05, 3.63) is 11.9 Å². The summed E-state index contributed by atoms with van der Waals surface area (Å²) >= 11 is 0. The molecule has 20 heavy (non-hydrogen) atoms. The molecule has 1 saturated carbocycles. The van der Waals surface area contributed by atoms with E-state index in [-0.39, 0.29) is 5.83 Å². The van der Waals surface area contributed by atoms with Gasteiger partial charge in [0.25, 0.3) is 0 Å². The highest BCUT2D eigenvalue weighted by molar-refractivity contribution is 4.97. The maximum atomic E-state index is 13.3. The van der Waals surface area contributed by atoms with Gasteiger partial charge >= 0.3 is 0 Å². The van der Waals surface area contributed by atoms with Crippen LogP contribution in [0.5, 0.6) is 0 Å². The van der Waals surface area contributed by atoms with Crippen molar-refractivity contribution in [3.63, 3.8) is 0 Å². The molecule has 0 aromatic carbocycles.